The molecule has 13 heteroatoms. The van der Waals surface area contributed by atoms with Crippen molar-refractivity contribution in [2.75, 3.05) is 5.32 Å². The zero-order valence-electron chi connectivity index (χ0n) is 20.0. The van der Waals surface area contributed by atoms with Crippen LogP contribution in [0.3, 0.4) is 0 Å². The van der Waals surface area contributed by atoms with E-state index < -0.39 is 4.92 Å². The number of non-ortho nitro benzene ring substituents is 1. The van der Waals surface area contributed by atoms with Gasteiger partial charge >= 0.3 is 0 Å². The Hall–Kier alpha value is -4.23. The fourth-order valence-corrected chi connectivity index (χ4v) is 4.73. The minimum atomic E-state index is -0.472. The summed E-state index contributed by atoms with van der Waals surface area (Å²) >= 11 is 6.70. The van der Waals surface area contributed by atoms with Gasteiger partial charge < -0.3 is 15.2 Å². The van der Waals surface area contributed by atoms with E-state index in [-0.39, 0.29) is 30.6 Å². The van der Waals surface area contributed by atoms with Crippen molar-refractivity contribution < 1.29 is 14.5 Å². The zero-order chi connectivity index (χ0) is 26.5. The predicted molar refractivity (Wildman–Crippen MR) is 142 cm³/mol. The van der Waals surface area contributed by atoms with Crippen molar-refractivity contribution in [3.8, 4) is 11.3 Å². The van der Waals surface area contributed by atoms with E-state index in [1.165, 1.54) is 28.2 Å². The van der Waals surface area contributed by atoms with Crippen molar-refractivity contribution >= 4 is 46.2 Å². The molecule has 0 aliphatic carbocycles. The number of hydrogen-bond donors (Lipinski definition) is 2. The average Bonchev–Trinajstić information content (AvgIpc) is 3.46. The summed E-state index contributed by atoms with van der Waals surface area (Å²) in [7, 11) is 0. The van der Waals surface area contributed by atoms with Crippen molar-refractivity contribution in [3.63, 3.8) is 0 Å². The maximum absolute atomic E-state index is 12.7. The average molecular weight is 538 g/mol. The van der Waals surface area contributed by atoms with Crippen LogP contribution in [0.25, 0.3) is 11.3 Å². The second-order valence-corrected chi connectivity index (χ2v) is 9.22. The van der Waals surface area contributed by atoms with Gasteiger partial charge in [0, 0.05) is 35.2 Å². The number of nitro benzene ring substituents is 1. The molecular formula is C24H23N7O4S2. The zero-order valence-corrected chi connectivity index (χ0v) is 21.6. The third kappa shape index (κ3) is 5.95. The molecule has 0 atom stereocenters. The molecule has 0 saturated carbocycles. The van der Waals surface area contributed by atoms with E-state index in [4.69, 9.17) is 12.2 Å². The van der Waals surface area contributed by atoms with Crippen molar-refractivity contribution in [2.45, 2.75) is 33.5 Å². The summed E-state index contributed by atoms with van der Waals surface area (Å²) in [6.45, 7) is 4.30. The largest absolute Gasteiger partial charge is 0.345 e. The maximum atomic E-state index is 12.7. The lowest BCUT2D eigenvalue weighted by Gasteiger charge is -2.07. The van der Waals surface area contributed by atoms with Gasteiger partial charge in [-0.05, 0) is 37.7 Å². The molecule has 0 aliphatic rings. The first-order chi connectivity index (χ1) is 17.8. The maximum Gasteiger partial charge on any atom is 0.270 e. The van der Waals surface area contributed by atoms with Crippen molar-refractivity contribution in [1.82, 2.24) is 24.6 Å². The number of nitrogens with one attached hydrogen (secondary N) is 2. The Morgan fingerprint density at radius 1 is 1.19 bits per heavy atom. The number of aromatic nitrogens is 4. The first-order valence-electron chi connectivity index (χ1n) is 11.3. The first kappa shape index (κ1) is 25.9. The number of nitro groups is 1. The lowest BCUT2D eigenvalue weighted by atomic mass is 10.1. The predicted octanol–water partition coefficient (Wildman–Crippen LogP) is 4.34. The van der Waals surface area contributed by atoms with E-state index in [2.05, 4.69) is 20.7 Å². The minimum Gasteiger partial charge on any atom is -0.345 e. The Kier molecular flexibility index (Phi) is 7.84. The summed E-state index contributed by atoms with van der Waals surface area (Å²) in [5.41, 5.74) is 2.50. The number of nitrogens with zero attached hydrogens (tertiary/aromatic N) is 5. The highest BCUT2D eigenvalue weighted by atomic mass is 32.1. The van der Waals surface area contributed by atoms with E-state index >= 15 is 0 Å². The van der Waals surface area contributed by atoms with Gasteiger partial charge in [-0.15, -0.1) is 11.3 Å². The van der Waals surface area contributed by atoms with Crippen LogP contribution in [0.1, 0.15) is 28.7 Å². The van der Waals surface area contributed by atoms with Crippen molar-refractivity contribution in [2.24, 2.45) is 0 Å². The highest BCUT2D eigenvalue weighted by molar-refractivity contribution is 7.71. The number of hydrogen-bond acceptors (Lipinski definition) is 8. The summed E-state index contributed by atoms with van der Waals surface area (Å²) in [4.78, 5) is 40.2. The molecule has 37 heavy (non-hydrogen) atoms. The summed E-state index contributed by atoms with van der Waals surface area (Å²) in [6, 6.07) is 13.4. The molecule has 0 fully saturated rings. The van der Waals surface area contributed by atoms with Gasteiger partial charge in [0.15, 0.2) is 15.7 Å². The van der Waals surface area contributed by atoms with Crippen LogP contribution in [-0.4, -0.2) is 36.1 Å². The van der Waals surface area contributed by atoms with E-state index in [0.29, 0.717) is 39.1 Å². The second kappa shape index (κ2) is 11.2. The lowest BCUT2D eigenvalue weighted by molar-refractivity contribution is -0.384. The van der Waals surface area contributed by atoms with Crippen LogP contribution < -0.4 is 10.6 Å². The van der Waals surface area contributed by atoms with Crippen LogP contribution in [0, 0.1) is 21.8 Å². The number of carbonyl (C=O) groups excluding carboxylic acids is 2. The molecular weight excluding hydrogens is 514 g/mol. The third-order valence-electron chi connectivity index (χ3n) is 5.51. The number of anilines is 1. The Bertz CT molecular complexity index is 1540. The molecule has 0 radical (unpaired) electrons. The van der Waals surface area contributed by atoms with Crippen molar-refractivity contribution in [1.29, 1.82) is 0 Å². The van der Waals surface area contributed by atoms with Gasteiger partial charge in [-0.25, -0.2) is 9.67 Å². The van der Waals surface area contributed by atoms with Crippen LogP contribution >= 0.6 is 23.6 Å². The third-order valence-corrected chi connectivity index (χ3v) is 6.70. The SMILES string of the molecule is CCn1c(CNC(=O)c2ccccc2C)nn(CC(=O)Nc2nc(-c3cccc([N+](=O)[O-])c3)cs2)c1=S. The molecule has 2 N–H and O–H groups in total. The molecule has 2 aromatic heterocycles. The van der Waals surface area contributed by atoms with Gasteiger partial charge in [-0.3, -0.25) is 19.7 Å². The summed E-state index contributed by atoms with van der Waals surface area (Å²) < 4.78 is 3.51. The fourth-order valence-electron chi connectivity index (χ4n) is 3.66. The van der Waals surface area contributed by atoms with Gasteiger partial charge in [0.1, 0.15) is 6.54 Å². The second-order valence-electron chi connectivity index (χ2n) is 7.99. The number of carbonyl (C=O) groups is 2. The summed E-state index contributed by atoms with van der Waals surface area (Å²) in [5.74, 6) is -0.0704. The molecule has 0 saturated heterocycles. The monoisotopic (exact) mass is 537 g/mol. The van der Waals surface area contributed by atoms with Gasteiger partial charge in [0.2, 0.25) is 5.91 Å². The molecule has 190 valence electrons. The van der Waals surface area contributed by atoms with Gasteiger partial charge in [0.25, 0.3) is 11.6 Å². The standard InChI is InChI=1S/C24H23N7O4S2/c1-3-29-20(12-25-22(33)18-10-5-4-7-15(18)2)28-30(24(29)36)13-21(32)27-23-26-19(14-37-23)16-8-6-9-17(11-16)31(34)35/h4-11,14H,3,12-13H2,1-2H3,(H,25,33)(H,26,27,32). The Morgan fingerprint density at radius 3 is 2.70 bits per heavy atom. The van der Waals surface area contributed by atoms with Crippen LogP contribution in [0.2, 0.25) is 0 Å². The minimum absolute atomic E-state index is 0.0390. The highest BCUT2D eigenvalue weighted by Gasteiger charge is 2.16. The molecule has 2 heterocycles. The normalized spacial score (nSPS) is 10.8. The van der Waals surface area contributed by atoms with Gasteiger partial charge in [0.05, 0.1) is 17.2 Å². The Balaban J connectivity index is 1.42. The fraction of sp³-hybridized carbons (Fsp3) is 0.208. The number of rotatable bonds is 9. The molecule has 0 aliphatic heterocycles. The first-order valence-corrected chi connectivity index (χ1v) is 12.6. The molecule has 0 unspecified atom stereocenters. The van der Waals surface area contributed by atoms with E-state index in [0.717, 1.165) is 5.56 Å². The molecule has 2 aromatic carbocycles. The van der Waals surface area contributed by atoms with Crippen molar-refractivity contribution in [3.05, 3.63) is 85.7 Å². The number of aryl methyl sites for hydroxylation is 1. The lowest BCUT2D eigenvalue weighted by Crippen LogP contribution is -2.25. The molecule has 0 spiro atoms. The van der Waals surface area contributed by atoms with Crippen LogP contribution in [0.4, 0.5) is 10.8 Å². The summed E-state index contributed by atoms with van der Waals surface area (Å²) in [5, 5.41) is 23.1. The molecule has 4 rings (SSSR count). The van der Waals surface area contributed by atoms with Gasteiger partial charge in [-0.1, -0.05) is 30.3 Å². The molecule has 11 nitrogen and oxygen atoms in total. The Morgan fingerprint density at radius 2 is 1.97 bits per heavy atom. The molecule has 0 bridgehead atoms. The number of thiazole rings is 1. The van der Waals surface area contributed by atoms with Crippen LogP contribution in [0.5, 0.6) is 0 Å². The van der Waals surface area contributed by atoms with Gasteiger partial charge in [-0.2, -0.15) is 5.10 Å². The van der Waals surface area contributed by atoms with Crippen LogP contribution in [-0.2, 0) is 24.4 Å². The van der Waals surface area contributed by atoms with E-state index in [1.54, 1.807) is 34.2 Å². The van der Waals surface area contributed by atoms with Crippen LogP contribution in [0.15, 0.2) is 53.9 Å². The molecule has 2 amide bonds. The molecule has 4 aromatic rings. The smallest absolute Gasteiger partial charge is 0.270 e. The topological polar surface area (TPSA) is 137 Å². The summed E-state index contributed by atoms with van der Waals surface area (Å²) in [6.07, 6.45) is 0. The number of amides is 2. The Labute approximate surface area is 220 Å². The quantitative estimate of drug-likeness (QED) is 0.184. The van der Waals surface area contributed by atoms with E-state index in [1.807, 2.05) is 26.0 Å². The number of benzene rings is 2. The highest BCUT2D eigenvalue weighted by Crippen LogP contribution is 2.27. The van der Waals surface area contributed by atoms with E-state index in [9.17, 15) is 19.7 Å².